The van der Waals surface area contributed by atoms with Crippen LogP contribution in [0.5, 0.6) is 0 Å². The molecule has 0 spiro atoms. The quantitative estimate of drug-likeness (QED) is 0.0475. The fourth-order valence-electron chi connectivity index (χ4n) is 8.28. The molecule has 2 unspecified atom stereocenters. The van der Waals surface area contributed by atoms with E-state index in [1.807, 2.05) is 0 Å². The van der Waals surface area contributed by atoms with E-state index >= 15 is 0 Å². The van der Waals surface area contributed by atoms with E-state index in [0.29, 0.717) is 19.3 Å². The van der Waals surface area contributed by atoms with Crippen LogP contribution >= 0.6 is 0 Å². The fourth-order valence-corrected chi connectivity index (χ4v) is 8.28. The molecule has 0 rings (SSSR count). The van der Waals surface area contributed by atoms with Gasteiger partial charge in [-0.2, -0.15) is 0 Å². The van der Waals surface area contributed by atoms with E-state index in [0.717, 1.165) is 44.9 Å². The Morgan fingerprint density at radius 3 is 0.840 bits per heavy atom. The van der Waals surface area contributed by atoms with Gasteiger partial charge in [0.25, 0.3) is 0 Å². The first kappa shape index (κ1) is 49.8. The van der Waals surface area contributed by atoms with Crippen LogP contribution in [0.4, 0.5) is 0 Å². The third-order valence-corrected chi connectivity index (χ3v) is 12.1. The van der Waals surface area contributed by atoms with Crippen LogP contribution in [-0.4, -0.2) is 45.3 Å². The van der Waals surface area contributed by atoms with Gasteiger partial charge in [0.05, 0.1) is 30.3 Å². The molecular weight excluding hydrogens is 617 g/mol. The summed E-state index contributed by atoms with van der Waals surface area (Å²) in [6.07, 6.45) is 45.6. The SMILES string of the molecule is CCCCCCCCCCCCCCCCCCC(O)C(CO)(CO)C(O)(CCCCC)CCCCCCCCCCCCCCCCCC. The van der Waals surface area contributed by atoms with Gasteiger partial charge in [-0.25, -0.2) is 0 Å². The Balaban J connectivity index is 4.31. The van der Waals surface area contributed by atoms with Crippen molar-refractivity contribution in [3.63, 3.8) is 0 Å². The molecular formula is C46H94O4. The third-order valence-electron chi connectivity index (χ3n) is 12.1. The van der Waals surface area contributed by atoms with Crippen LogP contribution in [0.15, 0.2) is 0 Å². The van der Waals surface area contributed by atoms with E-state index in [4.69, 9.17) is 0 Å². The zero-order chi connectivity index (χ0) is 36.9. The van der Waals surface area contributed by atoms with Crippen molar-refractivity contribution in [1.29, 1.82) is 0 Å². The Hall–Kier alpha value is -0.160. The third kappa shape index (κ3) is 25.8. The van der Waals surface area contributed by atoms with Gasteiger partial charge in [-0.1, -0.05) is 245 Å². The molecule has 50 heavy (non-hydrogen) atoms. The summed E-state index contributed by atoms with van der Waals surface area (Å²) in [6.45, 7) is 5.98. The van der Waals surface area contributed by atoms with Gasteiger partial charge in [0.1, 0.15) is 0 Å². The van der Waals surface area contributed by atoms with Crippen LogP contribution in [0.1, 0.15) is 265 Å². The zero-order valence-electron chi connectivity index (χ0n) is 34.7. The first-order valence-electron chi connectivity index (χ1n) is 23.1. The summed E-state index contributed by atoms with van der Waals surface area (Å²) in [4.78, 5) is 0. The van der Waals surface area contributed by atoms with Gasteiger partial charge in [0.15, 0.2) is 0 Å². The van der Waals surface area contributed by atoms with Crippen molar-refractivity contribution in [2.75, 3.05) is 13.2 Å². The molecule has 0 amide bonds. The van der Waals surface area contributed by atoms with Gasteiger partial charge in [0, 0.05) is 0 Å². The van der Waals surface area contributed by atoms with Gasteiger partial charge in [-0.3, -0.25) is 0 Å². The first-order chi connectivity index (χ1) is 24.5. The number of hydrogen-bond donors (Lipinski definition) is 4. The van der Waals surface area contributed by atoms with E-state index in [-0.39, 0.29) is 13.2 Å². The topological polar surface area (TPSA) is 80.9 Å². The maximum absolute atomic E-state index is 12.1. The molecule has 4 heteroatoms. The molecule has 0 bridgehead atoms. The Labute approximate surface area is 314 Å². The van der Waals surface area contributed by atoms with E-state index in [2.05, 4.69) is 20.8 Å². The molecule has 0 aromatic rings. The molecule has 0 aromatic carbocycles. The smallest absolute Gasteiger partial charge is 0.0772 e. The zero-order valence-corrected chi connectivity index (χ0v) is 34.7. The van der Waals surface area contributed by atoms with Crippen LogP contribution in [0.2, 0.25) is 0 Å². The Morgan fingerprint density at radius 2 is 0.560 bits per heavy atom. The number of hydrogen-bond acceptors (Lipinski definition) is 4. The highest BCUT2D eigenvalue weighted by Crippen LogP contribution is 2.43. The number of aliphatic hydroxyl groups is 4. The Bertz CT molecular complexity index is 650. The van der Waals surface area contributed by atoms with Gasteiger partial charge in [-0.15, -0.1) is 0 Å². The number of unbranched alkanes of at least 4 members (excludes halogenated alkanes) is 32. The molecule has 4 N–H and O–H groups in total. The summed E-state index contributed by atoms with van der Waals surface area (Å²) in [5.41, 5.74) is -2.50. The summed E-state index contributed by atoms with van der Waals surface area (Å²) in [5, 5.41) is 44.8. The largest absolute Gasteiger partial charge is 0.395 e. The molecule has 0 aliphatic carbocycles. The second-order valence-electron chi connectivity index (χ2n) is 16.6. The minimum Gasteiger partial charge on any atom is -0.395 e. The average molecular weight is 711 g/mol. The lowest BCUT2D eigenvalue weighted by atomic mass is 9.63. The summed E-state index contributed by atoms with van der Waals surface area (Å²) in [5.74, 6) is 0. The van der Waals surface area contributed by atoms with Gasteiger partial charge in [0.2, 0.25) is 0 Å². The molecule has 0 saturated carbocycles. The molecule has 0 saturated heterocycles. The predicted octanol–water partition coefficient (Wildman–Crippen LogP) is 13.9. The van der Waals surface area contributed by atoms with Crippen LogP contribution in [0.25, 0.3) is 0 Å². The normalized spacial score (nSPS) is 14.0. The molecule has 0 fully saturated rings. The van der Waals surface area contributed by atoms with E-state index in [9.17, 15) is 20.4 Å². The monoisotopic (exact) mass is 711 g/mol. The van der Waals surface area contributed by atoms with Crippen molar-refractivity contribution >= 4 is 0 Å². The predicted molar refractivity (Wildman–Crippen MR) is 220 cm³/mol. The van der Waals surface area contributed by atoms with E-state index < -0.39 is 17.1 Å². The van der Waals surface area contributed by atoms with Crippen LogP contribution in [0.3, 0.4) is 0 Å². The van der Waals surface area contributed by atoms with Crippen molar-refractivity contribution in [2.24, 2.45) is 5.41 Å². The second kappa shape index (κ2) is 37.2. The van der Waals surface area contributed by atoms with Crippen LogP contribution in [-0.2, 0) is 0 Å². The minimum atomic E-state index is -1.26. The maximum Gasteiger partial charge on any atom is 0.0772 e. The average Bonchev–Trinajstić information content (AvgIpc) is 3.12. The van der Waals surface area contributed by atoms with Crippen molar-refractivity contribution in [3.8, 4) is 0 Å². The van der Waals surface area contributed by atoms with Crippen LogP contribution < -0.4 is 0 Å². The summed E-state index contributed by atoms with van der Waals surface area (Å²) < 4.78 is 0. The number of aliphatic hydroxyl groups excluding tert-OH is 3. The summed E-state index contributed by atoms with van der Waals surface area (Å²) in [6, 6.07) is 0. The van der Waals surface area contributed by atoms with E-state index in [1.54, 1.807) is 0 Å². The lowest BCUT2D eigenvalue weighted by Crippen LogP contribution is -2.59. The Kier molecular flexibility index (Phi) is 37.0. The van der Waals surface area contributed by atoms with Crippen molar-refractivity contribution in [2.45, 2.75) is 276 Å². The summed E-state index contributed by atoms with van der Waals surface area (Å²) >= 11 is 0. The van der Waals surface area contributed by atoms with Crippen molar-refractivity contribution in [1.82, 2.24) is 0 Å². The fraction of sp³-hybridized carbons (Fsp3) is 1.00. The molecule has 0 aliphatic heterocycles. The maximum atomic E-state index is 12.1. The van der Waals surface area contributed by atoms with Gasteiger partial charge in [-0.05, 0) is 19.3 Å². The highest BCUT2D eigenvalue weighted by Gasteiger charge is 2.53. The molecule has 2 atom stereocenters. The Morgan fingerprint density at radius 1 is 0.340 bits per heavy atom. The van der Waals surface area contributed by atoms with E-state index in [1.165, 1.54) is 180 Å². The highest BCUT2D eigenvalue weighted by atomic mass is 16.3. The van der Waals surface area contributed by atoms with Crippen molar-refractivity contribution < 1.29 is 20.4 Å². The van der Waals surface area contributed by atoms with Crippen molar-refractivity contribution in [3.05, 3.63) is 0 Å². The highest BCUT2D eigenvalue weighted by molar-refractivity contribution is 5.02. The molecule has 0 heterocycles. The molecule has 0 radical (unpaired) electrons. The second-order valence-corrected chi connectivity index (χ2v) is 16.6. The molecule has 0 aromatic heterocycles. The van der Waals surface area contributed by atoms with Gasteiger partial charge >= 0.3 is 0 Å². The first-order valence-corrected chi connectivity index (χ1v) is 23.1. The lowest BCUT2D eigenvalue weighted by molar-refractivity contribution is -0.193. The standard InChI is InChI=1S/C46H94O4/c1-4-7-10-12-14-16-18-20-22-24-26-28-30-32-34-36-39-44(49)45(42-47,43-48)46(50,40-37-9-6-3)41-38-35-33-31-29-27-25-23-21-19-17-15-13-11-8-5-2/h44,47-50H,4-43H2,1-3H3. The molecule has 0 aliphatic rings. The summed E-state index contributed by atoms with van der Waals surface area (Å²) in [7, 11) is 0. The minimum absolute atomic E-state index is 0.370. The molecule has 4 nitrogen and oxygen atoms in total. The van der Waals surface area contributed by atoms with Crippen LogP contribution in [0, 0.1) is 5.41 Å². The van der Waals surface area contributed by atoms with Gasteiger partial charge < -0.3 is 20.4 Å². The number of rotatable bonds is 42. The molecule has 302 valence electrons. The lowest BCUT2D eigenvalue weighted by Gasteiger charge is -2.48.